The van der Waals surface area contributed by atoms with Gasteiger partial charge in [0.05, 0.1) is 0 Å². The van der Waals surface area contributed by atoms with Crippen LogP contribution in [0.5, 0.6) is 0 Å². The largest absolute Gasteiger partial charge is 0.0683 e. The molecule has 0 aromatic rings. The fourth-order valence-electron chi connectivity index (χ4n) is 0.775. The van der Waals surface area contributed by atoms with Crippen molar-refractivity contribution in [1.29, 1.82) is 0 Å². The van der Waals surface area contributed by atoms with Crippen molar-refractivity contribution in [2.24, 2.45) is 11.3 Å². The van der Waals surface area contributed by atoms with E-state index in [-0.39, 0.29) is 0 Å². The van der Waals surface area contributed by atoms with E-state index < -0.39 is 0 Å². The van der Waals surface area contributed by atoms with E-state index in [4.69, 9.17) is 0 Å². The molecule has 0 aromatic heterocycles. The fourth-order valence-corrected chi connectivity index (χ4v) is 0.775. The van der Waals surface area contributed by atoms with E-state index in [0.29, 0.717) is 0 Å². The number of rotatable bonds is 1. The van der Waals surface area contributed by atoms with Gasteiger partial charge in [-0.05, 0) is 24.2 Å². The van der Waals surface area contributed by atoms with Gasteiger partial charge in [-0.15, -0.1) is 0 Å². The summed E-state index contributed by atoms with van der Waals surface area (Å²) in [4.78, 5) is 0. The minimum Gasteiger partial charge on any atom is -0.0683 e. The van der Waals surface area contributed by atoms with Gasteiger partial charge in [-0.3, -0.25) is 0 Å². The van der Waals surface area contributed by atoms with E-state index in [9.17, 15) is 0 Å². The predicted molar refractivity (Wildman–Crippen MR) is 59.5 cm³/mol. The molecule has 0 amide bonds. The van der Waals surface area contributed by atoms with Crippen molar-refractivity contribution in [3.8, 4) is 0 Å². The van der Waals surface area contributed by atoms with Crippen molar-refractivity contribution in [2.75, 3.05) is 0 Å². The van der Waals surface area contributed by atoms with Gasteiger partial charge in [0, 0.05) is 0 Å². The summed E-state index contributed by atoms with van der Waals surface area (Å²) < 4.78 is 0. The molecule has 0 atom stereocenters. The molecule has 1 aliphatic carbocycles. The van der Waals surface area contributed by atoms with E-state index >= 15 is 0 Å². The number of hydrogen-bond acceptors (Lipinski definition) is 0. The van der Waals surface area contributed by atoms with Crippen LogP contribution in [0.25, 0.3) is 0 Å². The lowest BCUT2D eigenvalue weighted by atomic mass is 9.95. The first-order valence-electron chi connectivity index (χ1n) is 5.56. The quantitative estimate of drug-likeness (QED) is 0.528. The molecule has 0 heteroatoms. The molecule has 76 valence electrons. The Labute approximate surface area is 79.8 Å². The summed E-state index contributed by atoms with van der Waals surface area (Å²) in [6, 6.07) is 0. The van der Waals surface area contributed by atoms with Crippen molar-refractivity contribution in [1.82, 2.24) is 0 Å². The van der Waals surface area contributed by atoms with Crippen LogP contribution in [-0.2, 0) is 0 Å². The first kappa shape index (κ1) is 14.5. The van der Waals surface area contributed by atoms with Crippen molar-refractivity contribution in [3.63, 3.8) is 0 Å². The second-order valence-corrected chi connectivity index (χ2v) is 4.02. The molecule has 1 saturated carbocycles. The summed E-state index contributed by atoms with van der Waals surface area (Å²) in [6.45, 7) is 15.2. The highest BCUT2D eigenvalue weighted by Gasteiger charge is 2.39. The van der Waals surface area contributed by atoms with Crippen LogP contribution in [0, 0.1) is 11.3 Å². The topological polar surface area (TPSA) is 0 Å². The third-order valence-electron chi connectivity index (χ3n) is 2.43. The van der Waals surface area contributed by atoms with Crippen LogP contribution in [-0.4, -0.2) is 0 Å². The maximum Gasteiger partial charge on any atom is -0.0302 e. The summed E-state index contributed by atoms with van der Waals surface area (Å²) in [5.74, 6) is 0.910. The van der Waals surface area contributed by atoms with Crippen molar-refractivity contribution >= 4 is 0 Å². The van der Waals surface area contributed by atoms with E-state index in [2.05, 4.69) is 34.6 Å². The van der Waals surface area contributed by atoms with Crippen LogP contribution in [0.15, 0.2) is 0 Å². The average Bonchev–Trinajstić information content (AvgIpc) is 2.75. The van der Waals surface area contributed by atoms with Crippen LogP contribution in [0.1, 0.15) is 67.7 Å². The maximum absolute atomic E-state index is 2.37. The Balaban J connectivity index is 0. The summed E-state index contributed by atoms with van der Waals surface area (Å²) in [5.41, 5.74) is 0.750. The first-order valence-corrected chi connectivity index (χ1v) is 5.56. The van der Waals surface area contributed by atoms with Crippen LogP contribution < -0.4 is 0 Å². The lowest BCUT2D eigenvalue weighted by Gasteiger charge is -2.10. The molecular weight excluding hydrogens is 144 g/mol. The highest BCUT2D eigenvalue weighted by molar-refractivity contribution is 4.90. The SMILES string of the molecule is CC.CC(C)C1(C)CC1.CCC. The number of hydrogen-bond donors (Lipinski definition) is 0. The Morgan fingerprint density at radius 2 is 1.33 bits per heavy atom. The Morgan fingerprint density at radius 1 is 1.08 bits per heavy atom. The fraction of sp³-hybridized carbons (Fsp3) is 1.00. The van der Waals surface area contributed by atoms with E-state index in [1.54, 1.807) is 0 Å². The molecule has 0 aliphatic heterocycles. The van der Waals surface area contributed by atoms with Crippen LogP contribution in [0.3, 0.4) is 0 Å². The minimum atomic E-state index is 0.750. The molecule has 1 fully saturated rings. The highest BCUT2D eigenvalue weighted by Crippen LogP contribution is 2.50. The molecule has 0 bridgehead atoms. The second kappa shape index (κ2) is 7.64. The van der Waals surface area contributed by atoms with E-state index in [1.807, 2.05) is 13.8 Å². The second-order valence-electron chi connectivity index (χ2n) is 4.02. The van der Waals surface area contributed by atoms with Crippen molar-refractivity contribution in [2.45, 2.75) is 67.7 Å². The standard InChI is InChI=1S/C7H14.C3H8.C2H6/c1-6(2)7(3)4-5-7;1-3-2;1-2/h6H,4-5H2,1-3H3;3H2,1-2H3;1-2H3. The van der Waals surface area contributed by atoms with Crippen molar-refractivity contribution < 1.29 is 0 Å². The molecule has 0 N–H and O–H groups in total. The molecule has 0 saturated heterocycles. The molecule has 0 spiro atoms. The van der Waals surface area contributed by atoms with Gasteiger partial charge in [0.15, 0.2) is 0 Å². The zero-order chi connectivity index (χ0) is 10.2. The van der Waals surface area contributed by atoms with Crippen molar-refractivity contribution in [3.05, 3.63) is 0 Å². The lowest BCUT2D eigenvalue weighted by molar-refractivity contribution is 0.397. The molecule has 1 aliphatic rings. The third-order valence-corrected chi connectivity index (χ3v) is 2.43. The van der Waals surface area contributed by atoms with E-state index in [0.717, 1.165) is 11.3 Å². The zero-order valence-electron chi connectivity index (χ0n) is 10.2. The average molecular weight is 172 g/mol. The highest BCUT2D eigenvalue weighted by atomic mass is 14.4. The summed E-state index contributed by atoms with van der Waals surface area (Å²) >= 11 is 0. The van der Waals surface area contributed by atoms with Gasteiger partial charge in [0.25, 0.3) is 0 Å². The third kappa shape index (κ3) is 6.69. The van der Waals surface area contributed by atoms with Crippen LogP contribution in [0.2, 0.25) is 0 Å². The molecule has 12 heavy (non-hydrogen) atoms. The predicted octanol–water partition coefficient (Wildman–Crippen LogP) is 4.89. The maximum atomic E-state index is 2.37. The molecule has 0 unspecified atom stereocenters. The van der Waals surface area contributed by atoms with Crippen LogP contribution in [0.4, 0.5) is 0 Å². The molecule has 0 aromatic carbocycles. The zero-order valence-corrected chi connectivity index (χ0v) is 10.2. The lowest BCUT2D eigenvalue weighted by Crippen LogP contribution is -2.01. The van der Waals surface area contributed by atoms with Gasteiger partial charge < -0.3 is 0 Å². The van der Waals surface area contributed by atoms with Gasteiger partial charge in [0.1, 0.15) is 0 Å². The Kier molecular flexibility index (Phi) is 9.24. The van der Waals surface area contributed by atoms with Crippen LogP contribution >= 0.6 is 0 Å². The molecule has 1 rings (SSSR count). The molecule has 0 nitrogen and oxygen atoms in total. The monoisotopic (exact) mass is 172 g/mol. The molecular formula is C12H28. The summed E-state index contributed by atoms with van der Waals surface area (Å²) in [7, 11) is 0. The Bertz CT molecular complexity index is 78.0. The Hall–Kier alpha value is 0. The van der Waals surface area contributed by atoms with Gasteiger partial charge in [-0.25, -0.2) is 0 Å². The van der Waals surface area contributed by atoms with E-state index in [1.165, 1.54) is 19.3 Å². The minimum absolute atomic E-state index is 0.750. The van der Waals surface area contributed by atoms with Gasteiger partial charge in [0.2, 0.25) is 0 Å². The van der Waals surface area contributed by atoms with Gasteiger partial charge >= 0.3 is 0 Å². The Morgan fingerprint density at radius 3 is 1.33 bits per heavy atom. The van der Waals surface area contributed by atoms with Gasteiger partial charge in [-0.2, -0.15) is 0 Å². The molecule has 0 radical (unpaired) electrons. The molecule has 0 heterocycles. The summed E-state index contributed by atoms with van der Waals surface area (Å²) in [6.07, 6.45) is 4.18. The van der Waals surface area contributed by atoms with Gasteiger partial charge in [-0.1, -0.05) is 54.9 Å². The smallest absolute Gasteiger partial charge is 0.0302 e. The summed E-state index contributed by atoms with van der Waals surface area (Å²) in [5, 5.41) is 0. The normalized spacial score (nSPS) is 17.0. The first-order chi connectivity index (χ1) is 5.56.